The van der Waals surface area contributed by atoms with Crippen molar-refractivity contribution in [1.29, 1.82) is 0 Å². The Balaban J connectivity index is 0.00000280. The number of anilines is 1. The summed E-state index contributed by atoms with van der Waals surface area (Å²) in [7, 11) is 1.74. The molecule has 0 radical (unpaired) electrons. The van der Waals surface area contributed by atoms with Crippen molar-refractivity contribution in [2.75, 3.05) is 51.3 Å². The van der Waals surface area contributed by atoms with E-state index in [-0.39, 0.29) is 24.0 Å². The zero-order valence-electron chi connectivity index (χ0n) is 17.5. The van der Waals surface area contributed by atoms with Crippen molar-refractivity contribution in [3.8, 4) is 5.75 Å². The van der Waals surface area contributed by atoms with E-state index in [9.17, 15) is 0 Å². The van der Waals surface area contributed by atoms with Crippen LogP contribution in [0.25, 0.3) is 0 Å². The van der Waals surface area contributed by atoms with Gasteiger partial charge in [-0.2, -0.15) is 0 Å². The second-order valence-corrected chi connectivity index (χ2v) is 7.37. The smallest absolute Gasteiger partial charge is 0.191 e. The Kier molecular flexibility index (Phi) is 9.64. The van der Waals surface area contributed by atoms with E-state index in [0.717, 1.165) is 63.4 Å². The highest BCUT2D eigenvalue weighted by Crippen LogP contribution is 2.30. The quantitative estimate of drug-likeness (QED) is 0.310. The summed E-state index contributed by atoms with van der Waals surface area (Å²) in [5.41, 5.74) is 1.18. The van der Waals surface area contributed by atoms with Crippen LogP contribution in [0.4, 0.5) is 5.69 Å². The Labute approximate surface area is 187 Å². The zero-order chi connectivity index (χ0) is 19.1. The van der Waals surface area contributed by atoms with Crippen LogP contribution < -0.4 is 20.3 Å². The molecule has 1 aliphatic heterocycles. The maximum atomic E-state index is 5.52. The second-order valence-electron chi connectivity index (χ2n) is 7.37. The van der Waals surface area contributed by atoms with Gasteiger partial charge in [0.25, 0.3) is 0 Å². The summed E-state index contributed by atoms with van der Waals surface area (Å²) in [6.45, 7) is 10.3. The summed E-state index contributed by atoms with van der Waals surface area (Å²) in [5, 5.41) is 7.03. The summed E-state index contributed by atoms with van der Waals surface area (Å²) in [4.78, 5) is 9.76. The van der Waals surface area contributed by atoms with Crippen molar-refractivity contribution in [2.45, 2.75) is 45.2 Å². The number of para-hydroxylation sites is 2. The van der Waals surface area contributed by atoms with Crippen molar-refractivity contribution in [3.63, 3.8) is 0 Å². The molecule has 7 heteroatoms. The standard InChI is InChI=1S/C21H35N5O.HI/c1-4-22-21(23-13-15-25(5-2)18-10-11-18)24-17-12-14-26(16-17)19-8-6-7-9-20(19)27-3;/h6-9,17-18H,4-5,10-16H2,1-3H3,(H2,22,23,24);1H. The fourth-order valence-corrected chi connectivity index (χ4v) is 3.83. The Morgan fingerprint density at radius 2 is 2.04 bits per heavy atom. The molecule has 28 heavy (non-hydrogen) atoms. The Morgan fingerprint density at radius 1 is 1.25 bits per heavy atom. The number of nitrogens with zero attached hydrogens (tertiary/aromatic N) is 3. The minimum absolute atomic E-state index is 0. The molecule has 0 aromatic heterocycles. The molecule has 6 nitrogen and oxygen atoms in total. The van der Waals surface area contributed by atoms with E-state index in [4.69, 9.17) is 9.73 Å². The number of likely N-dealkylation sites (N-methyl/N-ethyl adjacent to an activating group) is 1. The van der Waals surface area contributed by atoms with Gasteiger partial charge < -0.3 is 20.3 Å². The number of hydrogen-bond donors (Lipinski definition) is 2. The Morgan fingerprint density at radius 3 is 2.71 bits per heavy atom. The molecule has 0 amide bonds. The van der Waals surface area contributed by atoms with Crippen LogP contribution in [0.5, 0.6) is 5.75 Å². The maximum absolute atomic E-state index is 5.52. The third-order valence-corrected chi connectivity index (χ3v) is 5.43. The molecular formula is C21H36IN5O. The lowest BCUT2D eigenvalue weighted by Crippen LogP contribution is -2.45. The average Bonchev–Trinajstić information content (AvgIpc) is 3.43. The molecule has 2 aliphatic rings. The molecule has 2 fully saturated rings. The molecule has 0 spiro atoms. The van der Waals surface area contributed by atoms with Gasteiger partial charge in [0.15, 0.2) is 5.96 Å². The van der Waals surface area contributed by atoms with Crippen LogP contribution in [0.1, 0.15) is 33.1 Å². The summed E-state index contributed by atoms with van der Waals surface area (Å²) < 4.78 is 5.52. The van der Waals surface area contributed by atoms with Gasteiger partial charge >= 0.3 is 0 Å². The molecule has 1 aliphatic carbocycles. The lowest BCUT2D eigenvalue weighted by atomic mass is 10.2. The highest BCUT2D eigenvalue weighted by molar-refractivity contribution is 14.0. The van der Waals surface area contributed by atoms with Gasteiger partial charge in [-0.15, -0.1) is 24.0 Å². The summed E-state index contributed by atoms with van der Waals surface area (Å²) in [5.74, 6) is 1.88. The number of ether oxygens (including phenoxy) is 1. The van der Waals surface area contributed by atoms with Gasteiger partial charge in [-0.3, -0.25) is 9.89 Å². The van der Waals surface area contributed by atoms with E-state index >= 15 is 0 Å². The fourth-order valence-electron chi connectivity index (χ4n) is 3.83. The number of hydrogen-bond acceptors (Lipinski definition) is 4. The van der Waals surface area contributed by atoms with E-state index in [0.29, 0.717) is 6.04 Å². The normalized spacial score (nSPS) is 19.5. The molecule has 1 unspecified atom stereocenters. The van der Waals surface area contributed by atoms with Gasteiger partial charge in [-0.05, 0) is 44.9 Å². The first-order valence-electron chi connectivity index (χ1n) is 10.4. The summed E-state index contributed by atoms with van der Waals surface area (Å²) in [6, 6.07) is 9.47. The number of benzene rings is 1. The molecule has 1 aromatic carbocycles. The van der Waals surface area contributed by atoms with E-state index in [1.54, 1.807) is 7.11 Å². The van der Waals surface area contributed by atoms with Crippen LogP contribution >= 0.6 is 24.0 Å². The number of methoxy groups -OCH3 is 1. The highest BCUT2D eigenvalue weighted by atomic mass is 127. The van der Waals surface area contributed by atoms with Crippen molar-refractivity contribution >= 4 is 35.6 Å². The summed E-state index contributed by atoms with van der Waals surface area (Å²) in [6.07, 6.45) is 3.82. The van der Waals surface area contributed by atoms with Crippen molar-refractivity contribution < 1.29 is 4.74 Å². The number of nitrogens with one attached hydrogen (secondary N) is 2. The minimum atomic E-state index is 0. The number of aliphatic imine (C=N–C) groups is 1. The molecule has 1 saturated carbocycles. The predicted octanol–water partition coefficient (Wildman–Crippen LogP) is 2.93. The fraction of sp³-hybridized carbons (Fsp3) is 0.667. The second kappa shape index (κ2) is 11.7. The topological polar surface area (TPSA) is 52.1 Å². The van der Waals surface area contributed by atoms with Gasteiger partial charge in [-0.25, -0.2) is 0 Å². The summed E-state index contributed by atoms with van der Waals surface area (Å²) >= 11 is 0. The third kappa shape index (κ3) is 6.40. The Hall–Kier alpha value is -1.22. The van der Waals surface area contributed by atoms with E-state index in [1.807, 2.05) is 12.1 Å². The van der Waals surface area contributed by atoms with Crippen LogP contribution in [-0.4, -0.2) is 69.3 Å². The van der Waals surface area contributed by atoms with Crippen LogP contribution in [0.2, 0.25) is 0 Å². The van der Waals surface area contributed by atoms with E-state index in [2.05, 4.69) is 46.4 Å². The molecule has 3 rings (SSSR count). The monoisotopic (exact) mass is 501 g/mol. The van der Waals surface area contributed by atoms with Gasteiger partial charge in [0.1, 0.15) is 5.75 Å². The molecule has 2 N–H and O–H groups in total. The average molecular weight is 501 g/mol. The van der Waals surface area contributed by atoms with E-state index < -0.39 is 0 Å². The zero-order valence-corrected chi connectivity index (χ0v) is 19.8. The van der Waals surface area contributed by atoms with Crippen molar-refractivity contribution in [1.82, 2.24) is 15.5 Å². The molecular weight excluding hydrogens is 465 g/mol. The van der Waals surface area contributed by atoms with Gasteiger partial charge in [0.05, 0.1) is 19.3 Å². The van der Waals surface area contributed by atoms with Gasteiger partial charge in [0.2, 0.25) is 0 Å². The lowest BCUT2D eigenvalue weighted by molar-refractivity contribution is 0.286. The molecule has 158 valence electrons. The van der Waals surface area contributed by atoms with Crippen molar-refractivity contribution in [3.05, 3.63) is 24.3 Å². The SMILES string of the molecule is CCNC(=NCCN(CC)C1CC1)NC1CCN(c2ccccc2OC)C1.I. The van der Waals surface area contributed by atoms with E-state index in [1.165, 1.54) is 18.5 Å². The third-order valence-electron chi connectivity index (χ3n) is 5.43. The van der Waals surface area contributed by atoms with Crippen LogP contribution in [0.3, 0.4) is 0 Å². The first-order chi connectivity index (χ1) is 13.2. The molecule has 1 aromatic rings. The van der Waals surface area contributed by atoms with Crippen molar-refractivity contribution in [2.24, 2.45) is 4.99 Å². The first kappa shape index (κ1) is 23.1. The predicted molar refractivity (Wildman–Crippen MR) is 128 cm³/mol. The maximum Gasteiger partial charge on any atom is 0.191 e. The molecule has 1 saturated heterocycles. The first-order valence-corrected chi connectivity index (χ1v) is 10.4. The molecule has 0 bridgehead atoms. The van der Waals surface area contributed by atoms with Gasteiger partial charge in [0, 0.05) is 38.3 Å². The Bertz CT molecular complexity index is 623. The minimum Gasteiger partial charge on any atom is -0.495 e. The van der Waals surface area contributed by atoms with Crippen LogP contribution in [-0.2, 0) is 0 Å². The van der Waals surface area contributed by atoms with Crippen LogP contribution in [0, 0.1) is 0 Å². The molecule has 1 atom stereocenters. The largest absolute Gasteiger partial charge is 0.495 e. The number of guanidine groups is 1. The highest BCUT2D eigenvalue weighted by Gasteiger charge is 2.27. The molecule has 1 heterocycles. The lowest BCUT2D eigenvalue weighted by Gasteiger charge is -2.22. The number of halogens is 1. The van der Waals surface area contributed by atoms with Gasteiger partial charge in [-0.1, -0.05) is 19.1 Å². The van der Waals surface area contributed by atoms with Crippen LogP contribution in [0.15, 0.2) is 29.3 Å². The number of rotatable bonds is 9.